The number of benzene rings is 1. The zero-order valence-corrected chi connectivity index (χ0v) is 15.2. The van der Waals surface area contributed by atoms with E-state index >= 15 is 0 Å². The Bertz CT molecular complexity index is 669. The van der Waals surface area contributed by atoms with Gasteiger partial charge in [-0.3, -0.25) is 9.98 Å². The van der Waals surface area contributed by atoms with Gasteiger partial charge in [0.25, 0.3) is 0 Å². The van der Waals surface area contributed by atoms with Gasteiger partial charge in [-0.25, -0.2) is 0 Å². The fourth-order valence-corrected chi connectivity index (χ4v) is 3.73. The normalized spacial score (nSPS) is 21.2. The molecule has 4 nitrogen and oxygen atoms in total. The molecule has 25 heavy (non-hydrogen) atoms. The Morgan fingerprint density at radius 3 is 2.76 bits per heavy atom. The molecular formula is C21H28N4. The first-order chi connectivity index (χ1) is 12.3. The number of aromatic nitrogens is 1. The molecule has 1 N–H and O–H groups in total. The van der Waals surface area contributed by atoms with Gasteiger partial charge in [-0.05, 0) is 41.9 Å². The number of likely N-dealkylation sites (tertiary alicyclic amines) is 1. The molecule has 0 bridgehead atoms. The molecule has 1 saturated heterocycles. The Hall–Kier alpha value is -2.36. The zero-order valence-electron chi connectivity index (χ0n) is 15.2. The van der Waals surface area contributed by atoms with Crippen LogP contribution in [0, 0.1) is 5.92 Å². The summed E-state index contributed by atoms with van der Waals surface area (Å²) >= 11 is 0. The Balaban J connectivity index is 1.53. The minimum atomic E-state index is 0.619. The minimum Gasteiger partial charge on any atom is -0.356 e. The van der Waals surface area contributed by atoms with Crippen LogP contribution in [0.1, 0.15) is 30.4 Å². The van der Waals surface area contributed by atoms with Gasteiger partial charge in [0.2, 0.25) is 0 Å². The average Bonchev–Trinajstić information content (AvgIpc) is 2.67. The van der Waals surface area contributed by atoms with Crippen molar-refractivity contribution >= 4 is 5.96 Å². The molecule has 2 unspecified atom stereocenters. The molecule has 4 heteroatoms. The summed E-state index contributed by atoms with van der Waals surface area (Å²) in [5, 5.41) is 3.51. The van der Waals surface area contributed by atoms with Gasteiger partial charge >= 0.3 is 0 Å². The maximum Gasteiger partial charge on any atom is 0.193 e. The number of rotatable bonds is 4. The van der Waals surface area contributed by atoms with Crippen LogP contribution in [0.5, 0.6) is 0 Å². The molecule has 3 rings (SSSR count). The molecule has 1 aliphatic heterocycles. The van der Waals surface area contributed by atoms with Gasteiger partial charge < -0.3 is 10.2 Å². The lowest BCUT2D eigenvalue weighted by molar-refractivity contribution is 0.234. The molecule has 0 radical (unpaired) electrons. The van der Waals surface area contributed by atoms with Crippen LogP contribution in [0.4, 0.5) is 0 Å². The first-order valence-electron chi connectivity index (χ1n) is 9.17. The van der Waals surface area contributed by atoms with Crippen molar-refractivity contribution in [2.24, 2.45) is 10.9 Å². The Kier molecular flexibility index (Phi) is 6.04. The summed E-state index contributed by atoms with van der Waals surface area (Å²) in [6.45, 7) is 5.33. The number of guanidine groups is 1. The number of nitrogens with one attached hydrogen (secondary N) is 1. The predicted molar refractivity (Wildman–Crippen MR) is 104 cm³/mol. The molecule has 0 aliphatic carbocycles. The summed E-state index contributed by atoms with van der Waals surface area (Å²) in [4.78, 5) is 11.1. The van der Waals surface area contributed by atoms with E-state index < -0.39 is 0 Å². The van der Waals surface area contributed by atoms with Gasteiger partial charge in [0.1, 0.15) is 0 Å². The van der Waals surface area contributed by atoms with E-state index in [-0.39, 0.29) is 0 Å². The van der Waals surface area contributed by atoms with Crippen LogP contribution in [0.15, 0.2) is 59.9 Å². The number of aliphatic imine (C=N–C) groups is 1. The van der Waals surface area contributed by atoms with Crippen LogP contribution >= 0.6 is 0 Å². The first kappa shape index (κ1) is 17.5. The quantitative estimate of drug-likeness (QED) is 0.688. The van der Waals surface area contributed by atoms with E-state index in [1.54, 1.807) is 0 Å². The third-order valence-electron chi connectivity index (χ3n) is 5.06. The lowest BCUT2D eigenvalue weighted by Crippen LogP contribution is -2.48. The topological polar surface area (TPSA) is 40.5 Å². The molecule has 2 heterocycles. The number of nitrogens with zero attached hydrogens (tertiary/aromatic N) is 3. The molecule has 0 amide bonds. The molecule has 1 aromatic carbocycles. The lowest BCUT2D eigenvalue weighted by atomic mass is 9.82. The average molecular weight is 336 g/mol. The first-order valence-corrected chi connectivity index (χ1v) is 9.17. The van der Waals surface area contributed by atoms with Gasteiger partial charge in [-0.15, -0.1) is 0 Å². The van der Waals surface area contributed by atoms with E-state index in [1.807, 2.05) is 25.5 Å². The predicted octanol–water partition coefficient (Wildman–Crippen LogP) is 3.33. The third kappa shape index (κ3) is 4.59. The molecule has 132 valence electrons. The number of hydrogen-bond donors (Lipinski definition) is 1. The molecule has 2 aromatic rings. The number of piperidine rings is 1. The minimum absolute atomic E-state index is 0.619. The summed E-state index contributed by atoms with van der Waals surface area (Å²) in [7, 11) is 1.88. The van der Waals surface area contributed by atoms with Crippen LogP contribution in [0.3, 0.4) is 0 Å². The van der Waals surface area contributed by atoms with Crippen LogP contribution in [-0.4, -0.2) is 42.5 Å². The summed E-state index contributed by atoms with van der Waals surface area (Å²) in [6.07, 6.45) is 5.88. The van der Waals surface area contributed by atoms with Gasteiger partial charge in [0.15, 0.2) is 5.96 Å². The van der Waals surface area contributed by atoms with Gasteiger partial charge in [0.05, 0.1) is 0 Å². The Labute approximate surface area is 151 Å². The van der Waals surface area contributed by atoms with E-state index in [9.17, 15) is 0 Å². The number of hydrogen-bond acceptors (Lipinski definition) is 2. The fraction of sp³-hybridized carbons (Fsp3) is 0.429. The second-order valence-electron chi connectivity index (χ2n) is 6.81. The Morgan fingerprint density at radius 2 is 2.08 bits per heavy atom. The van der Waals surface area contributed by atoms with Crippen molar-refractivity contribution in [3.8, 4) is 0 Å². The molecule has 0 saturated carbocycles. The van der Waals surface area contributed by atoms with Crippen LogP contribution < -0.4 is 5.32 Å². The highest BCUT2D eigenvalue weighted by atomic mass is 15.3. The lowest BCUT2D eigenvalue weighted by Gasteiger charge is -2.39. The highest BCUT2D eigenvalue weighted by Crippen LogP contribution is 2.32. The Morgan fingerprint density at radius 1 is 1.24 bits per heavy atom. The molecule has 0 spiro atoms. The largest absolute Gasteiger partial charge is 0.356 e. The molecule has 1 aliphatic rings. The zero-order chi connectivity index (χ0) is 17.5. The summed E-state index contributed by atoms with van der Waals surface area (Å²) in [6, 6.07) is 15.0. The van der Waals surface area contributed by atoms with E-state index in [0.29, 0.717) is 11.8 Å². The smallest absolute Gasteiger partial charge is 0.193 e. The van der Waals surface area contributed by atoms with Gasteiger partial charge in [0, 0.05) is 39.1 Å². The molecule has 1 fully saturated rings. The maximum atomic E-state index is 4.49. The van der Waals surface area contributed by atoms with Crippen LogP contribution in [0.2, 0.25) is 0 Å². The second-order valence-corrected chi connectivity index (χ2v) is 6.81. The standard InChI is InChI=1S/C21H28N4/c1-17-16-25(14-11-20(17)19-8-4-3-5-9-19)21(22-2)24-13-10-18-7-6-12-23-15-18/h3-9,12,15,17,20H,10-11,13-14,16H2,1-2H3,(H,22,24). The maximum absolute atomic E-state index is 4.49. The second kappa shape index (κ2) is 8.65. The van der Waals surface area contributed by atoms with E-state index in [1.165, 1.54) is 17.5 Å². The SMILES string of the molecule is CN=C(NCCc1cccnc1)N1CCC(c2ccccc2)C(C)C1. The van der Waals surface area contributed by atoms with E-state index in [0.717, 1.165) is 32.0 Å². The van der Waals surface area contributed by atoms with Crippen molar-refractivity contribution < 1.29 is 0 Å². The van der Waals surface area contributed by atoms with Crippen molar-refractivity contribution in [3.05, 3.63) is 66.0 Å². The van der Waals surface area contributed by atoms with E-state index in [2.05, 4.69) is 63.5 Å². The monoisotopic (exact) mass is 336 g/mol. The summed E-state index contributed by atoms with van der Waals surface area (Å²) < 4.78 is 0. The van der Waals surface area contributed by atoms with Crippen molar-refractivity contribution in [1.82, 2.24) is 15.2 Å². The van der Waals surface area contributed by atoms with Gasteiger partial charge in [-0.2, -0.15) is 0 Å². The summed E-state index contributed by atoms with van der Waals surface area (Å²) in [5.41, 5.74) is 2.72. The molecule has 1 aromatic heterocycles. The van der Waals surface area contributed by atoms with Crippen molar-refractivity contribution in [2.75, 3.05) is 26.7 Å². The van der Waals surface area contributed by atoms with Crippen LogP contribution in [-0.2, 0) is 6.42 Å². The highest BCUT2D eigenvalue weighted by Gasteiger charge is 2.28. The van der Waals surface area contributed by atoms with Crippen molar-refractivity contribution in [2.45, 2.75) is 25.7 Å². The fourth-order valence-electron chi connectivity index (χ4n) is 3.73. The molecular weight excluding hydrogens is 308 g/mol. The van der Waals surface area contributed by atoms with E-state index in [4.69, 9.17) is 0 Å². The number of pyridine rings is 1. The van der Waals surface area contributed by atoms with Gasteiger partial charge in [-0.1, -0.05) is 43.3 Å². The summed E-state index contributed by atoms with van der Waals surface area (Å²) in [5.74, 6) is 2.28. The van der Waals surface area contributed by atoms with Crippen molar-refractivity contribution in [3.63, 3.8) is 0 Å². The third-order valence-corrected chi connectivity index (χ3v) is 5.06. The van der Waals surface area contributed by atoms with Crippen LogP contribution in [0.25, 0.3) is 0 Å². The molecule has 2 atom stereocenters. The highest BCUT2D eigenvalue weighted by molar-refractivity contribution is 5.80. The van der Waals surface area contributed by atoms with Crippen molar-refractivity contribution in [1.29, 1.82) is 0 Å².